The quantitative estimate of drug-likeness (QED) is 0.612. The minimum Gasteiger partial charge on any atom is -0.379 e. The molecule has 0 spiro atoms. The molecular weight excluding hydrogens is 304 g/mol. The molecule has 24 heavy (non-hydrogen) atoms. The highest BCUT2D eigenvalue weighted by molar-refractivity contribution is 5.97. The van der Waals surface area contributed by atoms with E-state index in [4.69, 9.17) is 4.74 Å². The predicted octanol–water partition coefficient (Wildman–Crippen LogP) is 1.57. The molecule has 1 aliphatic rings. The first-order chi connectivity index (χ1) is 11.6. The number of nitrogens with zero attached hydrogens (tertiary/aromatic N) is 2. The van der Waals surface area contributed by atoms with Crippen LogP contribution in [-0.4, -0.2) is 50.2 Å². The second-order valence-corrected chi connectivity index (χ2v) is 5.84. The summed E-state index contributed by atoms with van der Waals surface area (Å²) in [6.45, 7) is 8.48. The van der Waals surface area contributed by atoms with E-state index < -0.39 is 0 Å². The average molecular weight is 328 g/mol. The fourth-order valence-corrected chi connectivity index (χ4v) is 2.44. The fourth-order valence-electron chi connectivity index (χ4n) is 2.44. The summed E-state index contributed by atoms with van der Waals surface area (Å²) in [5.74, 6) is -0.358. The Morgan fingerprint density at radius 2 is 2.12 bits per heavy atom. The van der Waals surface area contributed by atoms with E-state index in [-0.39, 0.29) is 11.5 Å². The fraction of sp³-hybridized carbons (Fsp3) is 0.444. The lowest BCUT2D eigenvalue weighted by molar-refractivity contribution is -0.117. The normalized spacial score (nSPS) is 15.6. The van der Waals surface area contributed by atoms with Crippen molar-refractivity contribution in [3.63, 3.8) is 0 Å². The van der Waals surface area contributed by atoms with Crippen molar-refractivity contribution in [3.8, 4) is 6.07 Å². The number of rotatable bonds is 6. The van der Waals surface area contributed by atoms with Gasteiger partial charge in [0.15, 0.2) is 0 Å². The number of anilines is 1. The molecule has 0 aliphatic carbocycles. The molecule has 2 rings (SSSR count). The highest BCUT2D eigenvalue weighted by Gasteiger charge is 2.12. The van der Waals surface area contributed by atoms with E-state index in [9.17, 15) is 10.1 Å². The Hall–Kier alpha value is -2.36. The van der Waals surface area contributed by atoms with Crippen LogP contribution in [-0.2, 0) is 9.53 Å². The molecule has 0 saturated carbocycles. The SMILES string of the molecule is Cc1ccc(C)c(N/C=C(/C#N)C(=O)NCCN2CCOCC2)c1. The molecule has 2 N–H and O–H groups in total. The summed E-state index contributed by atoms with van der Waals surface area (Å²) in [4.78, 5) is 14.3. The van der Waals surface area contributed by atoms with Crippen molar-refractivity contribution in [2.45, 2.75) is 13.8 Å². The number of hydrogen-bond acceptors (Lipinski definition) is 5. The van der Waals surface area contributed by atoms with Crippen LogP contribution in [0.2, 0.25) is 0 Å². The van der Waals surface area contributed by atoms with Gasteiger partial charge in [0.1, 0.15) is 11.6 Å². The van der Waals surface area contributed by atoms with Crippen LogP contribution < -0.4 is 10.6 Å². The number of hydrogen-bond donors (Lipinski definition) is 2. The van der Waals surface area contributed by atoms with Gasteiger partial charge in [0.2, 0.25) is 0 Å². The molecule has 1 heterocycles. The zero-order valence-corrected chi connectivity index (χ0v) is 14.3. The van der Waals surface area contributed by atoms with Gasteiger partial charge in [-0.15, -0.1) is 0 Å². The van der Waals surface area contributed by atoms with Crippen LogP contribution in [0.1, 0.15) is 11.1 Å². The molecule has 1 aromatic carbocycles. The molecule has 0 bridgehead atoms. The Bertz CT molecular complexity index is 643. The van der Waals surface area contributed by atoms with Gasteiger partial charge in [0.25, 0.3) is 5.91 Å². The summed E-state index contributed by atoms with van der Waals surface area (Å²) < 4.78 is 5.29. The Morgan fingerprint density at radius 1 is 1.38 bits per heavy atom. The van der Waals surface area contributed by atoms with Crippen LogP contribution in [0.4, 0.5) is 5.69 Å². The lowest BCUT2D eigenvalue weighted by Gasteiger charge is -2.26. The summed E-state index contributed by atoms with van der Waals surface area (Å²) in [5, 5.41) is 15.0. The Kier molecular flexibility index (Phi) is 6.79. The molecule has 0 aromatic heterocycles. The van der Waals surface area contributed by atoms with Crippen LogP contribution in [0.15, 0.2) is 30.0 Å². The average Bonchev–Trinajstić information content (AvgIpc) is 2.59. The van der Waals surface area contributed by atoms with Crippen LogP contribution in [0.25, 0.3) is 0 Å². The molecule has 0 unspecified atom stereocenters. The number of benzene rings is 1. The molecule has 0 radical (unpaired) electrons. The topological polar surface area (TPSA) is 77.4 Å². The van der Waals surface area contributed by atoms with E-state index in [2.05, 4.69) is 15.5 Å². The summed E-state index contributed by atoms with van der Waals surface area (Å²) >= 11 is 0. The Labute approximate surface area is 143 Å². The number of morpholine rings is 1. The molecule has 0 atom stereocenters. The van der Waals surface area contributed by atoms with E-state index in [1.807, 2.05) is 38.1 Å². The molecule has 1 amide bonds. The van der Waals surface area contributed by atoms with E-state index in [1.54, 1.807) is 0 Å². The number of amides is 1. The summed E-state index contributed by atoms with van der Waals surface area (Å²) in [7, 11) is 0. The predicted molar refractivity (Wildman–Crippen MR) is 93.5 cm³/mol. The van der Waals surface area contributed by atoms with Crippen LogP contribution in [0, 0.1) is 25.2 Å². The first-order valence-corrected chi connectivity index (χ1v) is 8.12. The van der Waals surface area contributed by atoms with E-state index in [0.29, 0.717) is 6.54 Å². The number of nitrogens with one attached hydrogen (secondary N) is 2. The first-order valence-electron chi connectivity index (χ1n) is 8.12. The highest BCUT2D eigenvalue weighted by Crippen LogP contribution is 2.16. The first kappa shape index (κ1) is 18.0. The second kappa shape index (κ2) is 9.06. The minimum absolute atomic E-state index is 0.0675. The number of carbonyl (C=O) groups excluding carboxylic acids is 1. The van der Waals surface area contributed by atoms with Crippen molar-refractivity contribution in [2.24, 2.45) is 0 Å². The molecule has 128 valence electrons. The molecule has 6 nitrogen and oxygen atoms in total. The van der Waals surface area contributed by atoms with E-state index >= 15 is 0 Å². The molecule has 1 fully saturated rings. The summed E-state index contributed by atoms with van der Waals surface area (Å²) in [5.41, 5.74) is 3.13. The molecule has 1 aliphatic heterocycles. The maximum absolute atomic E-state index is 12.1. The van der Waals surface area contributed by atoms with Gasteiger partial charge in [-0.25, -0.2) is 0 Å². The number of ether oxygens (including phenoxy) is 1. The lowest BCUT2D eigenvalue weighted by atomic mass is 10.1. The number of carbonyl (C=O) groups is 1. The Balaban J connectivity index is 1.86. The third kappa shape index (κ3) is 5.37. The largest absolute Gasteiger partial charge is 0.379 e. The zero-order chi connectivity index (χ0) is 17.4. The van der Waals surface area contributed by atoms with E-state index in [1.165, 1.54) is 6.20 Å². The van der Waals surface area contributed by atoms with Crippen molar-refractivity contribution in [3.05, 3.63) is 41.1 Å². The smallest absolute Gasteiger partial charge is 0.263 e. The second-order valence-electron chi connectivity index (χ2n) is 5.84. The molecular formula is C18H24N4O2. The van der Waals surface area contributed by atoms with Gasteiger partial charge < -0.3 is 15.4 Å². The molecule has 1 aromatic rings. The lowest BCUT2D eigenvalue weighted by Crippen LogP contribution is -2.41. The molecule has 1 saturated heterocycles. The van der Waals surface area contributed by atoms with Crippen molar-refractivity contribution < 1.29 is 9.53 Å². The van der Waals surface area contributed by atoms with Crippen molar-refractivity contribution >= 4 is 11.6 Å². The monoisotopic (exact) mass is 328 g/mol. The summed E-state index contributed by atoms with van der Waals surface area (Å²) in [6.07, 6.45) is 1.46. The maximum Gasteiger partial charge on any atom is 0.263 e. The standard InChI is InChI=1S/C18H24N4O2/c1-14-3-4-15(2)17(11-14)21-13-16(12-19)18(23)20-5-6-22-7-9-24-10-8-22/h3-4,11,13,21H,5-10H2,1-2H3,(H,20,23)/b16-13-. The zero-order valence-electron chi connectivity index (χ0n) is 14.3. The van der Waals surface area contributed by atoms with Crippen molar-refractivity contribution in [2.75, 3.05) is 44.7 Å². The van der Waals surface area contributed by atoms with Crippen molar-refractivity contribution in [1.82, 2.24) is 10.2 Å². The third-order valence-electron chi connectivity index (χ3n) is 3.95. The number of aryl methyl sites for hydroxylation is 2. The number of nitriles is 1. The van der Waals surface area contributed by atoms with Gasteiger partial charge >= 0.3 is 0 Å². The van der Waals surface area contributed by atoms with E-state index in [0.717, 1.165) is 49.7 Å². The maximum atomic E-state index is 12.1. The van der Waals surface area contributed by atoms with Gasteiger partial charge in [-0.2, -0.15) is 5.26 Å². The minimum atomic E-state index is -0.358. The molecule has 6 heteroatoms. The van der Waals surface area contributed by atoms with Gasteiger partial charge in [-0.1, -0.05) is 12.1 Å². The van der Waals surface area contributed by atoms with Crippen LogP contribution >= 0.6 is 0 Å². The van der Waals surface area contributed by atoms with Gasteiger partial charge in [0, 0.05) is 38.1 Å². The van der Waals surface area contributed by atoms with Crippen LogP contribution in [0.5, 0.6) is 0 Å². The summed E-state index contributed by atoms with van der Waals surface area (Å²) in [6, 6.07) is 7.95. The van der Waals surface area contributed by atoms with Gasteiger partial charge in [0.05, 0.1) is 13.2 Å². The van der Waals surface area contributed by atoms with Crippen LogP contribution in [0.3, 0.4) is 0 Å². The highest BCUT2D eigenvalue weighted by atomic mass is 16.5. The van der Waals surface area contributed by atoms with Gasteiger partial charge in [-0.05, 0) is 31.0 Å². The van der Waals surface area contributed by atoms with Crippen molar-refractivity contribution in [1.29, 1.82) is 5.26 Å². The third-order valence-corrected chi connectivity index (χ3v) is 3.95. The Morgan fingerprint density at radius 3 is 2.83 bits per heavy atom. The van der Waals surface area contributed by atoms with Gasteiger partial charge in [-0.3, -0.25) is 9.69 Å².